The second-order valence-corrected chi connectivity index (χ2v) is 3.26. The summed E-state index contributed by atoms with van der Waals surface area (Å²) in [6, 6.07) is 4.13. The molecule has 1 rings (SSSR count). The highest BCUT2D eigenvalue weighted by atomic mass is 35.5. The molecule has 84 valence electrons. The van der Waals surface area contributed by atoms with Crippen molar-refractivity contribution in [2.45, 2.75) is 0 Å². The Hall–Kier alpha value is -2.01. The molecule has 0 atom stereocenters. The maximum atomic E-state index is 11.2. The van der Waals surface area contributed by atoms with Gasteiger partial charge in [-0.1, -0.05) is 11.6 Å². The Morgan fingerprint density at radius 1 is 1.31 bits per heavy atom. The van der Waals surface area contributed by atoms with Crippen LogP contribution in [-0.4, -0.2) is 22.1 Å². The van der Waals surface area contributed by atoms with Gasteiger partial charge in [0.05, 0.1) is 5.69 Å². The number of carbonyl (C=O) groups excluding carboxylic acids is 1. The molecule has 0 aromatic heterocycles. The fourth-order valence-corrected chi connectivity index (χ4v) is 1.10. The minimum atomic E-state index is -1.23. The van der Waals surface area contributed by atoms with Crippen molar-refractivity contribution in [1.29, 1.82) is 0 Å². The Morgan fingerprint density at radius 2 is 2.00 bits per heavy atom. The first kappa shape index (κ1) is 12.1. The van der Waals surface area contributed by atoms with E-state index in [1.54, 1.807) is 0 Å². The number of benzene rings is 1. The molecule has 0 aliphatic heterocycles. The number of halogens is 1. The molecular weight excluding hydrogens is 234 g/mol. The summed E-state index contributed by atoms with van der Waals surface area (Å²) in [6.07, 6.45) is 1.53. The number of anilines is 1. The van der Waals surface area contributed by atoms with E-state index < -0.39 is 11.9 Å². The van der Waals surface area contributed by atoms with E-state index in [1.165, 1.54) is 18.2 Å². The van der Waals surface area contributed by atoms with Crippen LogP contribution in [0.15, 0.2) is 30.4 Å². The molecule has 16 heavy (non-hydrogen) atoms. The summed E-state index contributed by atoms with van der Waals surface area (Å²) < 4.78 is 0. The number of rotatable bonds is 3. The SMILES string of the molecule is O=C(O)C=CC(=O)Nc1cc(Cl)ccc1O. The van der Waals surface area contributed by atoms with Crippen molar-refractivity contribution in [3.8, 4) is 5.75 Å². The zero-order valence-corrected chi connectivity index (χ0v) is 8.73. The van der Waals surface area contributed by atoms with E-state index in [4.69, 9.17) is 16.7 Å². The monoisotopic (exact) mass is 241 g/mol. The van der Waals surface area contributed by atoms with E-state index in [2.05, 4.69) is 5.32 Å². The fraction of sp³-hybridized carbons (Fsp3) is 0. The summed E-state index contributed by atoms with van der Waals surface area (Å²) in [5, 5.41) is 20.3. The maximum Gasteiger partial charge on any atom is 0.328 e. The van der Waals surface area contributed by atoms with Crippen LogP contribution in [0.3, 0.4) is 0 Å². The molecule has 3 N–H and O–H groups in total. The van der Waals surface area contributed by atoms with Crippen molar-refractivity contribution < 1.29 is 19.8 Å². The molecule has 0 bridgehead atoms. The molecule has 0 fully saturated rings. The van der Waals surface area contributed by atoms with Gasteiger partial charge >= 0.3 is 5.97 Å². The number of aliphatic carboxylic acids is 1. The molecule has 1 aromatic carbocycles. The third-order valence-electron chi connectivity index (χ3n) is 1.59. The first-order valence-corrected chi connectivity index (χ1v) is 4.57. The molecule has 0 aliphatic rings. The van der Waals surface area contributed by atoms with E-state index in [-0.39, 0.29) is 11.4 Å². The van der Waals surface area contributed by atoms with Crippen LogP contribution in [0, 0.1) is 0 Å². The number of carboxylic acids is 1. The lowest BCUT2D eigenvalue weighted by molar-refractivity contribution is -0.131. The number of nitrogens with one attached hydrogen (secondary N) is 1. The third-order valence-corrected chi connectivity index (χ3v) is 1.83. The van der Waals surface area contributed by atoms with Gasteiger partial charge < -0.3 is 15.5 Å². The maximum absolute atomic E-state index is 11.2. The minimum Gasteiger partial charge on any atom is -0.506 e. The lowest BCUT2D eigenvalue weighted by atomic mass is 10.3. The average molecular weight is 242 g/mol. The van der Waals surface area contributed by atoms with Crippen LogP contribution in [0.4, 0.5) is 5.69 Å². The molecule has 0 radical (unpaired) electrons. The second kappa shape index (κ2) is 5.18. The normalized spacial score (nSPS) is 10.3. The Bertz CT molecular complexity index is 456. The number of carboxylic acid groups (broad SMARTS) is 1. The standard InChI is InChI=1S/C10H8ClNO4/c11-6-1-2-8(13)7(5-6)12-9(14)3-4-10(15)16/h1-5,13H,(H,12,14)(H,15,16). The Morgan fingerprint density at radius 3 is 2.62 bits per heavy atom. The highest BCUT2D eigenvalue weighted by molar-refractivity contribution is 6.31. The number of phenolic OH excluding ortho intramolecular Hbond substituents is 1. The minimum absolute atomic E-state index is 0.118. The van der Waals surface area contributed by atoms with E-state index in [1.807, 2.05) is 0 Å². The summed E-state index contributed by atoms with van der Waals surface area (Å²) >= 11 is 5.65. The molecule has 0 unspecified atom stereocenters. The van der Waals surface area contributed by atoms with Crippen LogP contribution in [0.25, 0.3) is 0 Å². The number of phenols is 1. The van der Waals surface area contributed by atoms with Crippen LogP contribution in [0.5, 0.6) is 5.75 Å². The number of carbonyl (C=O) groups is 2. The van der Waals surface area contributed by atoms with Crippen LogP contribution in [-0.2, 0) is 9.59 Å². The largest absolute Gasteiger partial charge is 0.506 e. The van der Waals surface area contributed by atoms with Gasteiger partial charge in [0.15, 0.2) is 0 Å². The molecule has 5 nitrogen and oxygen atoms in total. The van der Waals surface area contributed by atoms with Gasteiger partial charge in [0, 0.05) is 17.2 Å². The molecule has 0 spiro atoms. The van der Waals surface area contributed by atoms with Gasteiger partial charge in [-0.2, -0.15) is 0 Å². The van der Waals surface area contributed by atoms with Gasteiger partial charge in [-0.15, -0.1) is 0 Å². The number of amides is 1. The topological polar surface area (TPSA) is 86.6 Å². The van der Waals surface area contributed by atoms with E-state index in [0.717, 1.165) is 6.08 Å². The predicted octanol–water partition coefficient (Wildman–Crippen LogP) is 1.62. The summed E-state index contributed by atoms with van der Waals surface area (Å²) in [4.78, 5) is 21.3. The van der Waals surface area contributed by atoms with E-state index in [9.17, 15) is 14.7 Å². The van der Waals surface area contributed by atoms with Crippen LogP contribution in [0.1, 0.15) is 0 Å². The van der Waals surface area contributed by atoms with Crippen molar-refractivity contribution in [3.63, 3.8) is 0 Å². The Balaban J connectivity index is 2.77. The number of aromatic hydroxyl groups is 1. The molecule has 0 heterocycles. The molecule has 0 saturated carbocycles. The van der Waals surface area contributed by atoms with Gasteiger partial charge in [0.25, 0.3) is 0 Å². The van der Waals surface area contributed by atoms with Crippen molar-refractivity contribution in [2.75, 3.05) is 5.32 Å². The average Bonchev–Trinajstić information content (AvgIpc) is 2.20. The first-order chi connectivity index (χ1) is 7.49. The smallest absolute Gasteiger partial charge is 0.328 e. The third kappa shape index (κ3) is 3.62. The molecule has 0 saturated heterocycles. The Labute approximate surface area is 96.0 Å². The highest BCUT2D eigenvalue weighted by Gasteiger charge is 2.04. The van der Waals surface area contributed by atoms with E-state index in [0.29, 0.717) is 11.1 Å². The van der Waals surface area contributed by atoms with Crippen molar-refractivity contribution >= 4 is 29.2 Å². The van der Waals surface area contributed by atoms with Gasteiger partial charge in [0.1, 0.15) is 5.75 Å². The van der Waals surface area contributed by atoms with Gasteiger partial charge in [0.2, 0.25) is 5.91 Å². The molecule has 0 aliphatic carbocycles. The lowest BCUT2D eigenvalue weighted by Crippen LogP contribution is -2.08. The highest BCUT2D eigenvalue weighted by Crippen LogP contribution is 2.26. The van der Waals surface area contributed by atoms with Crippen LogP contribution < -0.4 is 5.32 Å². The quantitative estimate of drug-likeness (QED) is 0.554. The van der Waals surface area contributed by atoms with Crippen LogP contribution in [0.2, 0.25) is 5.02 Å². The zero-order valence-electron chi connectivity index (χ0n) is 7.98. The van der Waals surface area contributed by atoms with E-state index >= 15 is 0 Å². The Kier molecular flexibility index (Phi) is 3.90. The lowest BCUT2D eigenvalue weighted by Gasteiger charge is -2.04. The molecular formula is C10H8ClNO4. The summed E-state index contributed by atoms with van der Waals surface area (Å²) in [6.45, 7) is 0. The van der Waals surface area contributed by atoms with Gasteiger partial charge in [-0.3, -0.25) is 4.79 Å². The van der Waals surface area contributed by atoms with Gasteiger partial charge in [-0.05, 0) is 18.2 Å². The predicted molar refractivity (Wildman–Crippen MR) is 58.5 cm³/mol. The zero-order chi connectivity index (χ0) is 12.1. The van der Waals surface area contributed by atoms with Crippen molar-refractivity contribution in [2.24, 2.45) is 0 Å². The van der Waals surface area contributed by atoms with Crippen molar-refractivity contribution in [3.05, 3.63) is 35.4 Å². The molecule has 1 amide bonds. The first-order valence-electron chi connectivity index (χ1n) is 4.19. The second-order valence-electron chi connectivity index (χ2n) is 2.82. The summed E-state index contributed by atoms with van der Waals surface area (Å²) in [7, 11) is 0. The summed E-state index contributed by atoms with van der Waals surface area (Å²) in [5.41, 5.74) is 0.118. The number of hydrogen-bond acceptors (Lipinski definition) is 3. The number of hydrogen-bond donors (Lipinski definition) is 3. The molecule has 6 heteroatoms. The van der Waals surface area contributed by atoms with Crippen molar-refractivity contribution in [1.82, 2.24) is 0 Å². The van der Waals surface area contributed by atoms with Crippen LogP contribution >= 0.6 is 11.6 Å². The summed E-state index contributed by atoms with van der Waals surface area (Å²) in [5.74, 6) is -2.05. The van der Waals surface area contributed by atoms with Gasteiger partial charge in [-0.25, -0.2) is 4.79 Å². The molecule has 1 aromatic rings. The fourth-order valence-electron chi connectivity index (χ4n) is 0.930.